The summed E-state index contributed by atoms with van der Waals surface area (Å²) < 4.78 is 12.8. The second-order valence-electron chi connectivity index (χ2n) is 5.58. The van der Waals surface area contributed by atoms with Crippen molar-refractivity contribution in [1.29, 1.82) is 0 Å². The Kier molecular flexibility index (Phi) is 5.93. The molecule has 1 heterocycles. The molecule has 1 aromatic carbocycles. The number of hydrogen-bond donors (Lipinski definition) is 1. The standard InChI is InChI=1S/C17H23FN2O/c1-14(20-11-3-2-4-12-20)13-19-17(21)10-7-15-5-8-16(18)9-6-15/h5-10,14H,2-4,11-13H2,1H3,(H,19,21)/b10-7+. The summed E-state index contributed by atoms with van der Waals surface area (Å²) in [6.45, 7) is 5.06. The second kappa shape index (κ2) is 7.93. The Hall–Kier alpha value is -1.68. The lowest BCUT2D eigenvalue weighted by molar-refractivity contribution is -0.116. The molecule has 0 aliphatic carbocycles. The number of piperidine rings is 1. The van der Waals surface area contributed by atoms with Crippen LogP contribution in [0.2, 0.25) is 0 Å². The van der Waals surface area contributed by atoms with Crippen molar-refractivity contribution in [3.05, 3.63) is 41.7 Å². The van der Waals surface area contributed by atoms with Gasteiger partial charge < -0.3 is 5.32 Å². The molecule has 1 aromatic rings. The predicted molar refractivity (Wildman–Crippen MR) is 83.3 cm³/mol. The molecule has 21 heavy (non-hydrogen) atoms. The molecule has 1 fully saturated rings. The van der Waals surface area contributed by atoms with E-state index in [-0.39, 0.29) is 11.7 Å². The Bertz CT molecular complexity index is 478. The topological polar surface area (TPSA) is 32.3 Å². The Morgan fingerprint density at radius 2 is 1.95 bits per heavy atom. The summed E-state index contributed by atoms with van der Waals surface area (Å²) in [5, 5.41) is 2.92. The van der Waals surface area contributed by atoms with Crippen LogP contribution in [0.4, 0.5) is 4.39 Å². The molecule has 4 heteroatoms. The fraction of sp³-hybridized carbons (Fsp3) is 0.471. The summed E-state index contributed by atoms with van der Waals surface area (Å²) >= 11 is 0. The summed E-state index contributed by atoms with van der Waals surface area (Å²) in [5.74, 6) is -0.379. The highest BCUT2D eigenvalue weighted by molar-refractivity contribution is 5.91. The minimum absolute atomic E-state index is 0.108. The Morgan fingerprint density at radius 3 is 2.62 bits per heavy atom. The molecule has 0 aromatic heterocycles. The fourth-order valence-corrected chi connectivity index (χ4v) is 2.54. The van der Waals surface area contributed by atoms with Crippen LogP contribution in [0.15, 0.2) is 30.3 Å². The highest BCUT2D eigenvalue weighted by atomic mass is 19.1. The van der Waals surface area contributed by atoms with Crippen molar-refractivity contribution in [2.24, 2.45) is 0 Å². The lowest BCUT2D eigenvalue weighted by Gasteiger charge is -2.32. The number of nitrogens with one attached hydrogen (secondary N) is 1. The van der Waals surface area contributed by atoms with Crippen LogP contribution < -0.4 is 5.32 Å². The predicted octanol–water partition coefficient (Wildman–Crippen LogP) is 2.83. The zero-order chi connectivity index (χ0) is 15.1. The van der Waals surface area contributed by atoms with Crippen LogP contribution in [0.3, 0.4) is 0 Å². The third-order valence-corrected chi connectivity index (χ3v) is 3.88. The van der Waals surface area contributed by atoms with Gasteiger partial charge in [-0.3, -0.25) is 9.69 Å². The van der Waals surface area contributed by atoms with Gasteiger partial charge in [0.25, 0.3) is 0 Å². The van der Waals surface area contributed by atoms with Gasteiger partial charge >= 0.3 is 0 Å². The molecule has 0 radical (unpaired) electrons. The van der Waals surface area contributed by atoms with Crippen molar-refractivity contribution in [1.82, 2.24) is 10.2 Å². The number of halogens is 1. The normalized spacial score (nSPS) is 17.8. The van der Waals surface area contributed by atoms with Gasteiger partial charge in [0.2, 0.25) is 5.91 Å². The van der Waals surface area contributed by atoms with Gasteiger partial charge in [0.05, 0.1) is 0 Å². The maximum atomic E-state index is 12.8. The summed E-state index contributed by atoms with van der Waals surface area (Å²) in [4.78, 5) is 14.2. The molecular weight excluding hydrogens is 267 g/mol. The molecule has 1 unspecified atom stereocenters. The summed E-state index contributed by atoms with van der Waals surface area (Å²) in [7, 11) is 0. The molecule has 1 aliphatic heterocycles. The molecule has 1 saturated heterocycles. The van der Waals surface area contributed by atoms with Crippen molar-refractivity contribution >= 4 is 12.0 Å². The minimum Gasteiger partial charge on any atom is -0.351 e. The first-order valence-corrected chi connectivity index (χ1v) is 7.60. The van der Waals surface area contributed by atoms with E-state index in [0.29, 0.717) is 12.6 Å². The van der Waals surface area contributed by atoms with E-state index in [1.165, 1.54) is 37.5 Å². The van der Waals surface area contributed by atoms with Crippen LogP contribution in [0.25, 0.3) is 6.08 Å². The van der Waals surface area contributed by atoms with Crippen molar-refractivity contribution in [3.8, 4) is 0 Å². The number of carbonyl (C=O) groups is 1. The number of benzene rings is 1. The Labute approximate surface area is 125 Å². The fourth-order valence-electron chi connectivity index (χ4n) is 2.54. The molecule has 0 saturated carbocycles. The average Bonchev–Trinajstić information content (AvgIpc) is 2.53. The SMILES string of the molecule is CC(CNC(=O)/C=C/c1ccc(F)cc1)N1CCCCC1. The van der Waals surface area contributed by atoms with Crippen LogP contribution in [0, 0.1) is 5.82 Å². The van der Waals surface area contributed by atoms with Crippen LogP contribution in [-0.2, 0) is 4.79 Å². The summed E-state index contributed by atoms with van der Waals surface area (Å²) in [6.07, 6.45) is 7.01. The smallest absolute Gasteiger partial charge is 0.244 e. The maximum Gasteiger partial charge on any atom is 0.244 e. The monoisotopic (exact) mass is 290 g/mol. The number of rotatable bonds is 5. The van der Waals surface area contributed by atoms with Gasteiger partial charge in [-0.2, -0.15) is 0 Å². The van der Waals surface area contributed by atoms with Crippen LogP contribution in [0.1, 0.15) is 31.7 Å². The van der Waals surface area contributed by atoms with Crippen molar-refractivity contribution in [3.63, 3.8) is 0 Å². The molecule has 1 aliphatic rings. The van der Waals surface area contributed by atoms with Crippen molar-refractivity contribution in [2.75, 3.05) is 19.6 Å². The summed E-state index contributed by atoms with van der Waals surface area (Å²) in [6, 6.07) is 6.44. The summed E-state index contributed by atoms with van der Waals surface area (Å²) in [5.41, 5.74) is 0.815. The van der Waals surface area contributed by atoms with Gasteiger partial charge in [0, 0.05) is 18.7 Å². The molecule has 1 N–H and O–H groups in total. The first-order valence-electron chi connectivity index (χ1n) is 7.60. The maximum absolute atomic E-state index is 12.8. The van der Waals surface area contributed by atoms with E-state index in [4.69, 9.17) is 0 Å². The van der Waals surface area contributed by atoms with Gasteiger partial charge in [-0.15, -0.1) is 0 Å². The largest absolute Gasteiger partial charge is 0.351 e. The first kappa shape index (κ1) is 15.7. The Balaban J connectivity index is 1.75. The van der Waals surface area contributed by atoms with Gasteiger partial charge in [-0.05, 0) is 56.6 Å². The molecule has 2 rings (SSSR count). The number of amides is 1. The van der Waals surface area contributed by atoms with E-state index in [1.807, 2.05) is 0 Å². The number of hydrogen-bond acceptors (Lipinski definition) is 2. The van der Waals surface area contributed by atoms with E-state index in [9.17, 15) is 9.18 Å². The molecule has 0 bridgehead atoms. The van der Waals surface area contributed by atoms with E-state index in [2.05, 4.69) is 17.1 Å². The zero-order valence-electron chi connectivity index (χ0n) is 12.5. The van der Waals surface area contributed by atoms with Gasteiger partial charge in [0.1, 0.15) is 5.82 Å². The molecule has 1 atom stereocenters. The highest BCUT2D eigenvalue weighted by Crippen LogP contribution is 2.11. The Morgan fingerprint density at radius 1 is 1.29 bits per heavy atom. The highest BCUT2D eigenvalue weighted by Gasteiger charge is 2.16. The van der Waals surface area contributed by atoms with E-state index in [1.54, 1.807) is 18.2 Å². The minimum atomic E-state index is -0.271. The molecule has 0 spiro atoms. The van der Waals surface area contributed by atoms with E-state index in [0.717, 1.165) is 18.7 Å². The van der Waals surface area contributed by atoms with E-state index >= 15 is 0 Å². The van der Waals surface area contributed by atoms with Crippen LogP contribution in [0.5, 0.6) is 0 Å². The number of nitrogens with zero attached hydrogens (tertiary/aromatic N) is 1. The van der Waals surface area contributed by atoms with Gasteiger partial charge in [-0.25, -0.2) is 4.39 Å². The van der Waals surface area contributed by atoms with E-state index < -0.39 is 0 Å². The van der Waals surface area contributed by atoms with Crippen molar-refractivity contribution in [2.45, 2.75) is 32.2 Å². The average molecular weight is 290 g/mol. The molecular formula is C17H23FN2O. The lowest BCUT2D eigenvalue weighted by Crippen LogP contribution is -2.44. The third kappa shape index (κ3) is 5.31. The molecule has 114 valence electrons. The van der Waals surface area contributed by atoms with Gasteiger partial charge in [0.15, 0.2) is 0 Å². The third-order valence-electron chi connectivity index (χ3n) is 3.88. The van der Waals surface area contributed by atoms with Crippen molar-refractivity contribution < 1.29 is 9.18 Å². The second-order valence-corrected chi connectivity index (χ2v) is 5.58. The molecule has 1 amide bonds. The quantitative estimate of drug-likeness (QED) is 0.846. The van der Waals surface area contributed by atoms with Crippen LogP contribution in [-0.4, -0.2) is 36.5 Å². The first-order chi connectivity index (χ1) is 10.1. The molecule has 3 nitrogen and oxygen atoms in total. The number of likely N-dealkylation sites (tertiary alicyclic amines) is 1. The zero-order valence-corrected chi connectivity index (χ0v) is 12.5. The van der Waals surface area contributed by atoms with Gasteiger partial charge in [-0.1, -0.05) is 18.6 Å². The lowest BCUT2D eigenvalue weighted by atomic mass is 10.1. The number of carbonyl (C=O) groups excluding carboxylic acids is 1. The van der Waals surface area contributed by atoms with Crippen LogP contribution >= 0.6 is 0 Å².